The molecule has 2 N–H and O–H groups in total. The molecule has 1 aliphatic carbocycles. The van der Waals surface area contributed by atoms with Gasteiger partial charge < -0.3 is 19.7 Å². The molecule has 0 unspecified atom stereocenters. The lowest BCUT2D eigenvalue weighted by atomic mass is 9.97. The van der Waals surface area contributed by atoms with E-state index in [0.29, 0.717) is 29.3 Å². The molecule has 1 aliphatic rings. The predicted octanol–water partition coefficient (Wildman–Crippen LogP) is 4.39. The number of halogens is 1. The van der Waals surface area contributed by atoms with Gasteiger partial charge in [-0.15, -0.1) is 0 Å². The number of hydrogen-bond donors (Lipinski definition) is 2. The van der Waals surface area contributed by atoms with Gasteiger partial charge in [-0.25, -0.2) is 4.39 Å². The lowest BCUT2D eigenvalue weighted by Gasteiger charge is -2.23. The van der Waals surface area contributed by atoms with Crippen molar-refractivity contribution in [3.05, 3.63) is 65.2 Å². The van der Waals surface area contributed by atoms with Crippen molar-refractivity contribution >= 4 is 27.6 Å². The van der Waals surface area contributed by atoms with Crippen molar-refractivity contribution in [2.75, 3.05) is 6.54 Å². The highest BCUT2D eigenvalue weighted by atomic mass is 19.1. The van der Waals surface area contributed by atoms with Gasteiger partial charge in [0.15, 0.2) is 5.75 Å². The van der Waals surface area contributed by atoms with Crippen molar-refractivity contribution in [2.24, 2.45) is 7.05 Å². The Morgan fingerprint density at radius 2 is 1.97 bits per heavy atom. The van der Waals surface area contributed by atoms with Gasteiger partial charge in [0.25, 0.3) is 5.91 Å². The molecule has 5 rings (SSSR count). The van der Waals surface area contributed by atoms with E-state index in [2.05, 4.69) is 11.1 Å². The third kappa shape index (κ3) is 3.69. The van der Waals surface area contributed by atoms with Gasteiger partial charge >= 0.3 is 0 Å². The zero-order valence-corrected chi connectivity index (χ0v) is 18.6. The number of nitrogens with zero attached hydrogens (tertiary/aromatic N) is 4. The number of amides is 1. The smallest absolute Gasteiger partial charge is 0.255 e. The Morgan fingerprint density at radius 3 is 2.65 bits per heavy atom. The summed E-state index contributed by atoms with van der Waals surface area (Å²) in [7, 11) is 1.63. The Morgan fingerprint density at radius 1 is 1.24 bits per heavy atom. The van der Waals surface area contributed by atoms with Crippen molar-refractivity contribution in [1.82, 2.24) is 14.5 Å². The van der Waals surface area contributed by atoms with E-state index in [-0.39, 0.29) is 46.7 Å². The van der Waals surface area contributed by atoms with Crippen LogP contribution in [0.25, 0.3) is 21.7 Å². The Bertz CT molecular complexity index is 1470. The van der Waals surface area contributed by atoms with E-state index >= 15 is 0 Å². The number of carbonyl (C=O) groups excluding carboxylic acids is 1. The van der Waals surface area contributed by atoms with Gasteiger partial charge in [-0.2, -0.15) is 5.26 Å². The Balaban J connectivity index is 1.71. The van der Waals surface area contributed by atoms with E-state index < -0.39 is 0 Å². The molecule has 34 heavy (non-hydrogen) atoms. The average molecular weight is 458 g/mol. The number of pyridine rings is 1. The fourth-order valence-corrected chi connectivity index (χ4v) is 4.51. The minimum absolute atomic E-state index is 0.0763. The SMILES string of the molecule is Cn1cc2c(C(=O)N(CCC#N)C3CC3)c3cc(Cc4ccc(F)cc4)cnc3c(O)c2c1O. The molecule has 4 aromatic rings. The predicted molar refractivity (Wildman–Crippen MR) is 125 cm³/mol. The number of phenols is 1. The molecule has 0 aliphatic heterocycles. The van der Waals surface area contributed by atoms with E-state index in [9.17, 15) is 19.4 Å². The maximum atomic E-state index is 13.9. The first kappa shape index (κ1) is 21.7. The van der Waals surface area contributed by atoms with Crippen LogP contribution in [0.15, 0.2) is 42.7 Å². The van der Waals surface area contributed by atoms with Crippen LogP contribution in [0.4, 0.5) is 4.39 Å². The molecule has 0 spiro atoms. The molecule has 1 saturated carbocycles. The number of phenolic OH excluding ortho intramolecular Hbond substituents is 1. The van der Waals surface area contributed by atoms with Crippen molar-refractivity contribution in [3.63, 3.8) is 0 Å². The third-order valence-corrected chi connectivity index (χ3v) is 6.34. The van der Waals surface area contributed by atoms with E-state index in [1.807, 2.05) is 6.07 Å². The van der Waals surface area contributed by atoms with Gasteiger partial charge in [-0.3, -0.25) is 9.78 Å². The number of aromatic nitrogens is 2. The van der Waals surface area contributed by atoms with Crippen LogP contribution in [0, 0.1) is 17.1 Å². The maximum Gasteiger partial charge on any atom is 0.255 e. The second kappa shape index (κ2) is 8.34. The molecule has 7 nitrogen and oxygen atoms in total. The second-order valence-electron chi connectivity index (χ2n) is 8.76. The van der Waals surface area contributed by atoms with Crippen molar-refractivity contribution in [2.45, 2.75) is 31.7 Å². The topological polar surface area (TPSA) is 102 Å². The zero-order valence-electron chi connectivity index (χ0n) is 18.6. The largest absolute Gasteiger partial charge is 0.505 e. The van der Waals surface area contributed by atoms with Crippen molar-refractivity contribution in [1.29, 1.82) is 5.26 Å². The summed E-state index contributed by atoms with van der Waals surface area (Å²) in [6, 6.07) is 10.2. The normalized spacial score (nSPS) is 13.3. The van der Waals surface area contributed by atoms with Gasteiger partial charge in [-0.05, 0) is 48.6 Å². The van der Waals surface area contributed by atoms with Crippen LogP contribution >= 0.6 is 0 Å². The fourth-order valence-electron chi connectivity index (χ4n) is 4.51. The number of fused-ring (bicyclic) bond motifs is 2. The molecule has 8 heteroatoms. The summed E-state index contributed by atoms with van der Waals surface area (Å²) in [5.74, 6) is -0.917. The molecule has 0 saturated heterocycles. The summed E-state index contributed by atoms with van der Waals surface area (Å²) >= 11 is 0. The van der Waals surface area contributed by atoms with E-state index in [0.717, 1.165) is 24.0 Å². The molecule has 1 amide bonds. The average Bonchev–Trinajstić information content (AvgIpc) is 3.61. The van der Waals surface area contributed by atoms with Gasteiger partial charge in [0, 0.05) is 42.8 Å². The number of aryl methyl sites for hydroxylation is 1. The summed E-state index contributed by atoms with van der Waals surface area (Å²) in [6.07, 6.45) is 5.68. The zero-order chi connectivity index (χ0) is 24.0. The highest BCUT2D eigenvalue weighted by Gasteiger charge is 2.35. The van der Waals surface area contributed by atoms with E-state index in [1.165, 1.54) is 16.7 Å². The summed E-state index contributed by atoms with van der Waals surface area (Å²) in [6.45, 7) is 0.311. The Kier molecular flexibility index (Phi) is 5.33. The number of benzene rings is 2. The number of hydrogen-bond acceptors (Lipinski definition) is 5. The molecule has 0 bridgehead atoms. The summed E-state index contributed by atoms with van der Waals surface area (Å²) in [5, 5.41) is 31.7. The highest BCUT2D eigenvalue weighted by molar-refractivity contribution is 6.21. The molecule has 0 radical (unpaired) electrons. The number of nitriles is 1. The van der Waals surface area contributed by atoms with Crippen LogP contribution in [-0.2, 0) is 13.5 Å². The number of rotatable bonds is 6. The Labute approximate surface area is 195 Å². The minimum atomic E-state index is -0.318. The monoisotopic (exact) mass is 458 g/mol. The van der Waals surface area contributed by atoms with Gasteiger partial charge in [0.1, 0.15) is 11.3 Å². The lowest BCUT2D eigenvalue weighted by molar-refractivity contribution is 0.0750. The van der Waals surface area contributed by atoms with Gasteiger partial charge in [0.05, 0.1) is 23.4 Å². The van der Waals surface area contributed by atoms with Crippen molar-refractivity contribution in [3.8, 4) is 17.7 Å². The molecule has 2 aromatic heterocycles. The third-order valence-electron chi connectivity index (χ3n) is 6.34. The quantitative estimate of drug-likeness (QED) is 0.446. The minimum Gasteiger partial charge on any atom is -0.505 e. The van der Waals surface area contributed by atoms with Crippen molar-refractivity contribution < 1.29 is 19.4 Å². The first-order valence-electron chi connectivity index (χ1n) is 11.1. The lowest BCUT2D eigenvalue weighted by Crippen LogP contribution is -2.34. The number of aromatic hydroxyl groups is 2. The summed E-state index contributed by atoms with van der Waals surface area (Å²) in [4.78, 5) is 20.0. The maximum absolute atomic E-state index is 13.9. The molecule has 0 atom stereocenters. The molecular weight excluding hydrogens is 435 g/mol. The van der Waals surface area contributed by atoms with Gasteiger partial charge in [-0.1, -0.05) is 12.1 Å². The molecule has 172 valence electrons. The summed E-state index contributed by atoms with van der Waals surface area (Å²) < 4.78 is 14.8. The van der Waals surface area contributed by atoms with Crippen LogP contribution in [0.1, 0.15) is 40.7 Å². The van der Waals surface area contributed by atoms with Gasteiger partial charge in [0.2, 0.25) is 5.88 Å². The molecular formula is C26H23FN4O3. The first-order valence-corrected chi connectivity index (χ1v) is 11.1. The van der Waals surface area contributed by atoms with Crippen LogP contribution in [0.3, 0.4) is 0 Å². The van der Waals surface area contributed by atoms with Crippen LogP contribution < -0.4 is 0 Å². The first-order chi connectivity index (χ1) is 16.4. The molecule has 1 fully saturated rings. The summed E-state index contributed by atoms with van der Waals surface area (Å²) in [5.41, 5.74) is 2.24. The van der Waals surface area contributed by atoms with Crippen LogP contribution in [0.5, 0.6) is 11.6 Å². The highest BCUT2D eigenvalue weighted by Crippen LogP contribution is 2.43. The van der Waals surface area contributed by atoms with Crippen LogP contribution in [0.2, 0.25) is 0 Å². The Hall–Kier alpha value is -4.12. The fraction of sp³-hybridized carbons (Fsp3) is 0.269. The standard InChI is InChI=1S/C26H23FN4O3/c1-30-14-20-21(26(34)31(10-2-9-28)18-7-8-18)19-12-16(11-15-3-5-17(27)6-4-15)13-29-23(19)24(32)22(20)25(30)33/h3-6,12-14,18,32-33H,2,7-8,10-11H2,1H3. The second-order valence-corrected chi connectivity index (χ2v) is 8.76. The molecule has 2 heterocycles. The van der Waals surface area contributed by atoms with E-state index in [1.54, 1.807) is 36.5 Å². The molecule has 2 aromatic carbocycles. The van der Waals surface area contributed by atoms with E-state index in [4.69, 9.17) is 5.26 Å². The van der Waals surface area contributed by atoms with Crippen LogP contribution in [-0.4, -0.2) is 43.2 Å². The number of carbonyl (C=O) groups is 1.